The van der Waals surface area contributed by atoms with E-state index in [0.717, 1.165) is 0 Å². The predicted molar refractivity (Wildman–Crippen MR) is 57.0 cm³/mol. The summed E-state index contributed by atoms with van der Waals surface area (Å²) in [6.07, 6.45) is -4.76. The molecule has 0 aromatic rings. The Balaban J connectivity index is 2.22. The highest BCUT2D eigenvalue weighted by molar-refractivity contribution is 5.78. The van der Waals surface area contributed by atoms with Gasteiger partial charge in [-0.15, -0.1) is 0 Å². The van der Waals surface area contributed by atoms with Gasteiger partial charge in [-0.1, -0.05) is 0 Å². The zero-order chi connectivity index (χ0) is 14.2. The zero-order valence-electron chi connectivity index (χ0n) is 10.1. The average Bonchev–Trinajstić information content (AvgIpc) is 2.71. The van der Waals surface area contributed by atoms with Crippen molar-refractivity contribution in [2.45, 2.75) is 31.7 Å². The van der Waals surface area contributed by atoms with E-state index in [0.29, 0.717) is 0 Å². The van der Waals surface area contributed by atoms with Crippen LogP contribution in [0.4, 0.5) is 4.79 Å². The topological polar surface area (TPSA) is 119 Å². The highest BCUT2D eigenvalue weighted by Crippen LogP contribution is 2.38. The van der Waals surface area contributed by atoms with E-state index in [1.165, 1.54) is 0 Å². The van der Waals surface area contributed by atoms with Crippen LogP contribution < -0.4 is 0 Å². The van der Waals surface area contributed by atoms with Crippen LogP contribution in [-0.2, 0) is 23.8 Å². The molecule has 8 nitrogen and oxygen atoms in total. The molecule has 2 aliphatic rings. The standard InChI is InChI=1S/C11H14O8/c1-2-17-10(15)4-3-5(9(13)14)7-8(6(4)12)19-11(16)18-7/h4-8,12H,2-3H2,1H3,(H,13,14)/t4-,5-,6+,7+,8-/m1/s1. The van der Waals surface area contributed by atoms with Gasteiger partial charge < -0.3 is 24.4 Å². The Bertz CT molecular complexity index is 405. The molecule has 2 rings (SSSR count). The molecule has 0 unspecified atom stereocenters. The Morgan fingerprint density at radius 1 is 1.32 bits per heavy atom. The van der Waals surface area contributed by atoms with Crippen molar-refractivity contribution < 1.29 is 38.8 Å². The van der Waals surface area contributed by atoms with Crippen molar-refractivity contribution in [1.82, 2.24) is 0 Å². The molecule has 2 fully saturated rings. The van der Waals surface area contributed by atoms with Crippen molar-refractivity contribution >= 4 is 18.1 Å². The maximum absolute atomic E-state index is 11.7. The van der Waals surface area contributed by atoms with Crippen molar-refractivity contribution in [2.75, 3.05) is 6.61 Å². The van der Waals surface area contributed by atoms with Crippen LogP contribution >= 0.6 is 0 Å². The molecule has 1 heterocycles. The van der Waals surface area contributed by atoms with Crippen molar-refractivity contribution in [3.05, 3.63) is 0 Å². The Labute approximate surface area is 108 Å². The third-order valence-corrected chi connectivity index (χ3v) is 3.35. The third-order valence-electron chi connectivity index (χ3n) is 3.35. The van der Waals surface area contributed by atoms with E-state index in [1.54, 1.807) is 6.92 Å². The second-order valence-electron chi connectivity index (χ2n) is 4.44. The summed E-state index contributed by atoms with van der Waals surface area (Å²) in [5.74, 6) is -4.07. The normalized spacial score (nSPS) is 36.9. The van der Waals surface area contributed by atoms with Crippen LogP contribution in [0.1, 0.15) is 13.3 Å². The van der Waals surface area contributed by atoms with E-state index < -0.39 is 48.2 Å². The fraction of sp³-hybridized carbons (Fsp3) is 0.727. The zero-order valence-corrected chi connectivity index (χ0v) is 10.1. The predicted octanol–water partition coefficient (Wildman–Crippen LogP) is -0.465. The van der Waals surface area contributed by atoms with Gasteiger partial charge in [-0.25, -0.2) is 4.79 Å². The number of fused-ring (bicyclic) bond motifs is 1. The van der Waals surface area contributed by atoms with Gasteiger partial charge in [0.15, 0.2) is 12.2 Å². The van der Waals surface area contributed by atoms with Gasteiger partial charge in [-0.05, 0) is 13.3 Å². The lowest BCUT2D eigenvalue weighted by Gasteiger charge is -2.35. The summed E-state index contributed by atoms with van der Waals surface area (Å²) in [5, 5.41) is 19.1. The Morgan fingerprint density at radius 3 is 2.53 bits per heavy atom. The summed E-state index contributed by atoms with van der Waals surface area (Å²) < 4.78 is 14.3. The minimum absolute atomic E-state index is 0.115. The number of hydrogen-bond acceptors (Lipinski definition) is 7. The highest BCUT2D eigenvalue weighted by Gasteiger charge is 2.57. The highest BCUT2D eigenvalue weighted by atomic mass is 16.8. The summed E-state index contributed by atoms with van der Waals surface area (Å²) in [4.78, 5) is 33.9. The number of carbonyl (C=O) groups excluding carboxylic acids is 2. The molecule has 1 aliphatic heterocycles. The van der Waals surface area contributed by atoms with Gasteiger partial charge in [0.2, 0.25) is 0 Å². The maximum Gasteiger partial charge on any atom is 0.509 e. The van der Waals surface area contributed by atoms with E-state index in [9.17, 15) is 19.5 Å². The van der Waals surface area contributed by atoms with E-state index >= 15 is 0 Å². The number of aliphatic hydroxyl groups is 1. The summed E-state index contributed by atoms with van der Waals surface area (Å²) in [6.45, 7) is 1.72. The van der Waals surface area contributed by atoms with Gasteiger partial charge in [0, 0.05) is 0 Å². The van der Waals surface area contributed by atoms with Crippen molar-refractivity contribution in [3.63, 3.8) is 0 Å². The largest absolute Gasteiger partial charge is 0.509 e. The SMILES string of the molecule is CCOC(=O)[C@@H]1C[C@@H](C(=O)O)[C@@H]2OC(=O)O[C@@H]2[C@H]1O. The van der Waals surface area contributed by atoms with Crippen LogP contribution in [0.15, 0.2) is 0 Å². The van der Waals surface area contributed by atoms with Gasteiger partial charge in [-0.2, -0.15) is 0 Å². The lowest BCUT2D eigenvalue weighted by Crippen LogP contribution is -2.54. The van der Waals surface area contributed by atoms with Crippen molar-refractivity contribution in [1.29, 1.82) is 0 Å². The number of aliphatic hydroxyl groups excluding tert-OH is 1. The Hall–Kier alpha value is -1.83. The van der Waals surface area contributed by atoms with Gasteiger partial charge in [0.05, 0.1) is 18.4 Å². The fourth-order valence-electron chi connectivity index (χ4n) is 2.46. The molecule has 106 valence electrons. The summed E-state index contributed by atoms with van der Waals surface area (Å²) in [7, 11) is 0. The van der Waals surface area contributed by atoms with Gasteiger partial charge >= 0.3 is 18.1 Å². The van der Waals surface area contributed by atoms with Crippen LogP contribution in [0.3, 0.4) is 0 Å². The van der Waals surface area contributed by atoms with Crippen molar-refractivity contribution in [3.8, 4) is 0 Å². The second kappa shape index (κ2) is 5.04. The van der Waals surface area contributed by atoms with E-state index in [1.807, 2.05) is 0 Å². The quantitative estimate of drug-likeness (QED) is 0.663. The molecule has 19 heavy (non-hydrogen) atoms. The molecular weight excluding hydrogens is 260 g/mol. The maximum atomic E-state index is 11.7. The first-order valence-corrected chi connectivity index (χ1v) is 5.90. The van der Waals surface area contributed by atoms with E-state index in [4.69, 9.17) is 19.3 Å². The first-order chi connectivity index (χ1) is 8.95. The molecule has 8 heteroatoms. The van der Waals surface area contributed by atoms with Crippen LogP contribution in [0, 0.1) is 11.8 Å². The van der Waals surface area contributed by atoms with E-state index in [2.05, 4.69) is 0 Å². The fourth-order valence-corrected chi connectivity index (χ4v) is 2.46. The number of rotatable bonds is 3. The van der Waals surface area contributed by atoms with Crippen LogP contribution in [0.2, 0.25) is 0 Å². The first-order valence-electron chi connectivity index (χ1n) is 5.90. The number of esters is 1. The first kappa shape index (κ1) is 13.6. The molecule has 1 saturated carbocycles. The molecule has 1 saturated heterocycles. The molecule has 0 aromatic carbocycles. The lowest BCUT2D eigenvalue weighted by molar-refractivity contribution is -0.167. The molecule has 0 bridgehead atoms. The van der Waals surface area contributed by atoms with E-state index in [-0.39, 0.29) is 13.0 Å². The molecule has 5 atom stereocenters. The minimum atomic E-state index is -1.33. The monoisotopic (exact) mass is 274 g/mol. The summed E-state index contributed by atoms with van der Waals surface area (Å²) >= 11 is 0. The molecule has 2 N–H and O–H groups in total. The average molecular weight is 274 g/mol. The smallest absolute Gasteiger partial charge is 0.481 e. The van der Waals surface area contributed by atoms with Gasteiger partial charge in [-0.3, -0.25) is 9.59 Å². The molecule has 0 aromatic heterocycles. The lowest BCUT2D eigenvalue weighted by atomic mass is 9.75. The van der Waals surface area contributed by atoms with Crippen LogP contribution in [0.25, 0.3) is 0 Å². The van der Waals surface area contributed by atoms with Gasteiger partial charge in [0.1, 0.15) is 6.10 Å². The molecule has 0 amide bonds. The Morgan fingerprint density at radius 2 is 1.95 bits per heavy atom. The van der Waals surface area contributed by atoms with Crippen LogP contribution in [-0.4, -0.2) is 53.2 Å². The number of hydrogen-bond donors (Lipinski definition) is 2. The number of ether oxygens (including phenoxy) is 3. The van der Waals surface area contributed by atoms with Crippen LogP contribution in [0.5, 0.6) is 0 Å². The second-order valence-corrected chi connectivity index (χ2v) is 4.44. The minimum Gasteiger partial charge on any atom is -0.481 e. The summed E-state index contributed by atoms with van der Waals surface area (Å²) in [6, 6.07) is 0. The van der Waals surface area contributed by atoms with Gasteiger partial charge in [0.25, 0.3) is 0 Å². The third kappa shape index (κ3) is 2.35. The molecule has 0 spiro atoms. The summed E-state index contributed by atoms with van der Waals surface area (Å²) in [5.41, 5.74) is 0. The van der Waals surface area contributed by atoms with Crippen molar-refractivity contribution in [2.24, 2.45) is 11.8 Å². The number of carboxylic acids is 1. The number of carboxylic acid groups (broad SMARTS) is 1. The molecule has 0 radical (unpaired) electrons. The number of carbonyl (C=O) groups is 3. The number of aliphatic carboxylic acids is 1. The Kier molecular flexibility index (Phi) is 3.61. The molecular formula is C11H14O8. The molecule has 1 aliphatic carbocycles.